The number of nitrogen functional groups attached to an aromatic ring is 1. The molecule has 1 fully saturated rings. The number of nitrogens with two attached hydrogens (primary N) is 1. The first-order valence-electron chi connectivity index (χ1n) is 11.7. The third-order valence-corrected chi connectivity index (χ3v) is 6.62. The van der Waals surface area contributed by atoms with Crippen molar-refractivity contribution in [1.29, 1.82) is 0 Å². The minimum absolute atomic E-state index is 0.733. The molecule has 0 amide bonds. The molecule has 1 nitrogen and oxygen atoms in total. The van der Waals surface area contributed by atoms with E-state index < -0.39 is 0 Å². The van der Waals surface area contributed by atoms with Gasteiger partial charge in [0.2, 0.25) is 0 Å². The first-order chi connectivity index (χ1) is 13.7. The molecule has 3 rings (SSSR count). The molecule has 0 aromatic heterocycles. The maximum Gasteiger partial charge on any atom is 0.0314 e. The van der Waals surface area contributed by atoms with Crippen LogP contribution in [0.15, 0.2) is 48.5 Å². The van der Waals surface area contributed by atoms with Crippen LogP contribution in [0.3, 0.4) is 0 Å². The van der Waals surface area contributed by atoms with Crippen LogP contribution >= 0.6 is 0 Å². The zero-order valence-corrected chi connectivity index (χ0v) is 17.8. The van der Waals surface area contributed by atoms with Gasteiger partial charge in [-0.2, -0.15) is 0 Å². The zero-order valence-electron chi connectivity index (χ0n) is 17.8. The first-order valence-corrected chi connectivity index (χ1v) is 11.7. The lowest BCUT2D eigenvalue weighted by Gasteiger charge is -2.29. The van der Waals surface area contributed by atoms with Crippen molar-refractivity contribution in [3.8, 4) is 0 Å². The van der Waals surface area contributed by atoms with Gasteiger partial charge >= 0.3 is 0 Å². The minimum Gasteiger partial charge on any atom is -0.399 e. The van der Waals surface area contributed by atoms with E-state index in [-0.39, 0.29) is 0 Å². The summed E-state index contributed by atoms with van der Waals surface area (Å²) < 4.78 is 0. The normalized spacial score (nSPS) is 19.6. The average molecular weight is 378 g/mol. The standard InChI is InChI=1S/C27H39N/c1-2-3-4-5-6-7-8-22-9-11-23(12-10-22)21-24-13-15-25(16-14-24)26-17-19-27(28)20-18-26/h9-12,17-20,24-25H,2-8,13-16,21,28H2,1H3. The second-order valence-electron chi connectivity index (χ2n) is 8.92. The summed E-state index contributed by atoms with van der Waals surface area (Å²) in [5.74, 6) is 1.59. The van der Waals surface area contributed by atoms with E-state index >= 15 is 0 Å². The van der Waals surface area contributed by atoms with Gasteiger partial charge < -0.3 is 5.73 Å². The lowest BCUT2D eigenvalue weighted by Crippen LogP contribution is -2.15. The lowest BCUT2D eigenvalue weighted by molar-refractivity contribution is 0.324. The summed E-state index contributed by atoms with van der Waals surface area (Å²) in [6, 6.07) is 18.1. The SMILES string of the molecule is CCCCCCCCc1ccc(CC2CCC(c3ccc(N)cc3)CC2)cc1. The highest BCUT2D eigenvalue weighted by Gasteiger charge is 2.22. The maximum absolute atomic E-state index is 5.83. The monoisotopic (exact) mass is 377 g/mol. The van der Waals surface area contributed by atoms with Crippen LogP contribution in [0.1, 0.15) is 93.7 Å². The van der Waals surface area contributed by atoms with Crippen molar-refractivity contribution < 1.29 is 0 Å². The van der Waals surface area contributed by atoms with E-state index in [1.807, 2.05) is 12.1 Å². The average Bonchev–Trinajstić information content (AvgIpc) is 2.73. The van der Waals surface area contributed by atoms with Crippen LogP contribution in [0.4, 0.5) is 5.69 Å². The Labute approximate surface area is 172 Å². The summed E-state index contributed by atoms with van der Waals surface area (Å²) in [7, 11) is 0. The second-order valence-corrected chi connectivity index (χ2v) is 8.92. The van der Waals surface area contributed by atoms with Crippen LogP contribution in [0.5, 0.6) is 0 Å². The number of unbranched alkanes of at least 4 members (excludes halogenated alkanes) is 5. The number of rotatable bonds is 10. The van der Waals surface area contributed by atoms with Crippen molar-refractivity contribution in [3.63, 3.8) is 0 Å². The van der Waals surface area contributed by atoms with Gasteiger partial charge in [-0.05, 0) is 85.6 Å². The van der Waals surface area contributed by atoms with E-state index in [1.54, 1.807) is 0 Å². The maximum atomic E-state index is 5.83. The van der Waals surface area contributed by atoms with Gasteiger partial charge in [0.25, 0.3) is 0 Å². The Hall–Kier alpha value is -1.76. The van der Waals surface area contributed by atoms with Crippen molar-refractivity contribution in [2.24, 2.45) is 5.92 Å². The fraction of sp³-hybridized carbons (Fsp3) is 0.556. The van der Waals surface area contributed by atoms with Gasteiger partial charge in [0.1, 0.15) is 0 Å². The number of aryl methyl sites for hydroxylation is 1. The molecule has 1 aliphatic rings. The van der Waals surface area contributed by atoms with Crippen molar-refractivity contribution in [1.82, 2.24) is 0 Å². The predicted molar refractivity (Wildman–Crippen MR) is 123 cm³/mol. The second kappa shape index (κ2) is 11.3. The summed E-state index contributed by atoms with van der Waals surface area (Å²) >= 11 is 0. The molecule has 0 bridgehead atoms. The molecule has 0 heterocycles. The number of benzene rings is 2. The molecule has 2 aromatic carbocycles. The van der Waals surface area contributed by atoms with E-state index in [1.165, 1.54) is 93.7 Å². The van der Waals surface area contributed by atoms with Crippen LogP contribution in [-0.2, 0) is 12.8 Å². The Morgan fingerprint density at radius 1 is 0.714 bits per heavy atom. The fourth-order valence-corrected chi connectivity index (χ4v) is 4.75. The van der Waals surface area contributed by atoms with E-state index in [2.05, 4.69) is 43.3 Å². The fourth-order valence-electron chi connectivity index (χ4n) is 4.75. The Kier molecular flexibility index (Phi) is 8.45. The number of anilines is 1. The largest absolute Gasteiger partial charge is 0.399 e. The van der Waals surface area contributed by atoms with Gasteiger partial charge in [0.15, 0.2) is 0 Å². The molecule has 2 N–H and O–H groups in total. The number of hydrogen-bond donors (Lipinski definition) is 1. The minimum atomic E-state index is 0.733. The van der Waals surface area contributed by atoms with Gasteiger partial charge in [0.05, 0.1) is 0 Å². The molecule has 0 aliphatic heterocycles. The smallest absolute Gasteiger partial charge is 0.0314 e. The topological polar surface area (TPSA) is 26.0 Å². The Morgan fingerprint density at radius 3 is 2.00 bits per heavy atom. The van der Waals surface area contributed by atoms with Gasteiger partial charge in [-0.25, -0.2) is 0 Å². The van der Waals surface area contributed by atoms with Crippen LogP contribution in [0, 0.1) is 5.92 Å². The molecule has 1 aliphatic carbocycles. The molecule has 0 unspecified atom stereocenters. The van der Waals surface area contributed by atoms with Crippen molar-refractivity contribution in [2.75, 3.05) is 5.73 Å². The molecule has 152 valence electrons. The molecule has 0 saturated heterocycles. The quantitative estimate of drug-likeness (QED) is 0.333. The van der Waals surface area contributed by atoms with Crippen LogP contribution in [0.2, 0.25) is 0 Å². The highest BCUT2D eigenvalue weighted by atomic mass is 14.5. The zero-order chi connectivity index (χ0) is 19.6. The van der Waals surface area contributed by atoms with Gasteiger partial charge in [0, 0.05) is 5.69 Å². The molecular formula is C27H39N. The van der Waals surface area contributed by atoms with Crippen LogP contribution < -0.4 is 5.73 Å². The summed E-state index contributed by atoms with van der Waals surface area (Å²) in [4.78, 5) is 0. The third kappa shape index (κ3) is 6.69. The third-order valence-electron chi connectivity index (χ3n) is 6.62. The Bertz CT molecular complexity index is 662. The highest BCUT2D eigenvalue weighted by molar-refractivity contribution is 5.40. The molecule has 1 heteroatoms. The molecule has 0 spiro atoms. The van der Waals surface area contributed by atoms with Crippen molar-refractivity contribution >= 4 is 5.69 Å². The van der Waals surface area contributed by atoms with E-state index in [4.69, 9.17) is 5.73 Å². The summed E-state index contributed by atoms with van der Waals surface area (Å²) in [5.41, 5.74) is 11.2. The molecule has 0 atom stereocenters. The molecule has 0 radical (unpaired) electrons. The van der Waals surface area contributed by atoms with E-state index in [0.29, 0.717) is 0 Å². The summed E-state index contributed by atoms with van der Waals surface area (Å²) in [6.45, 7) is 2.28. The molecule has 2 aromatic rings. The van der Waals surface area contributed by atoms with Gasteiger partial charge in [-0.1, -0.05) is 75.4 Å². The highest BCUT2D eigenvalue weighted by Crippen LogP contribution is 2.37. The predicted octanol–water partition coefficient (Wildman–Crippen LogP) is 7.69. The molecule has 28 heavy (non-hydrogen) atoms. The Balaban J connectivity index is 1.37. The van der Waals surface area contributed by atoms with Crippen LogP contribution in [-0.4, -0.2) is 0 Å². The summed E-state index contributed by atoms with van der Waals surface area (Å²) in [5, 5.41) is 0. The number of hydrogen-bond acceptors (Lipinski definition) is 1. The van der Waals surface area contributed by atoms with Gasteiger partial charge in [-0.3, -0.25) is 0 Å². The molecular weight excluding hydrogens is 338 g/mol. The van der Waals surface area contributed by atoms with E-state index in [0.717, 1.165) is 17.5 Å². The van der Waals surface area contributed by atoms with E-state index in [9.17, 15) is 0 Å². The first kappa shape index (κ1) is 21.0. The Morgan fingerprint density at radius 2 is 1.32 bits per heavy atom. The summed E-state index contributed by atoms with van der Waals surface area (Å²) in [6.07, 6.45) is 16.2. The van der Waals surface area contributed by atoms with Crippen molar-refractivity contribution in [2.45, 2.75) is 89.9 Å². The van der Waals surface area contributed by atoms with Crippen LogP contribution in [0.25, 0.3) is 0 Å². The lowest BCUT2D eigenvalue weighted by atomic mass is 9.76. The molecule has 1 saturated carbocycles. The van der Waals surface area contributed by atoms with Crippen molar-refractivity contribution in [3.05, 3.63) is 65.2 Å². The van der Waals surface area contributed by atoms with Gasteiger partial charge in [-0.15, -0.1) is 0 Å².